The number of carbonyl (C=O) groups is 2. The van der Waals surface area contributed by atoms with Gasteiger partial charge in [-0.05, 0) is 19.3 Å². The van der Waals surface area contributed by atoms with Gasteiger partial charge in [0.1, 0.15) is 6.04 Å². The molecule has 17 heavy (non-hydrogen) atoms. The third kappa shape index (κ3) is 9.17. The van der Waals surface area contributed by atoms with Crippen LogP contribution in [-0.2, 0) is 14.6 Å². The van der Waals surface area contributed by atoms with Gasteiger partial charge in [0.2, 0.25) is 0 Å². The molecule has 0 saturated carbocycles. The second-order valence-corrected chi connectivity index (χ2v) is 3.20. The van der Waals surface area contributed by atoms with Crippen LogP contribution in [0.1, 0.15) is 19.3 Å². The smallest absolute Gasteiger partial charge is 0.438 e. The molecule has 0 aliphatic carbocycles. The van der Waals surface area contributed by atoms with Crippen LogP contribution in [0.25, 0.3) is 0 Å². The third-order valence-electron chi connectivity index (χ3n) is 1.81. The summed E-state index contributed by atoms with van der Waals surface area (Å²) in [5.41, 5.74) is 5.29. The molecule has 0 fully saturated rings. The van der Waals surface area contributed by atoms with E-state index in [1.165, 1.54) is 0 Å². The first-order valence-electron chi connectivity index (χ1n) is 5.07. The number of rotatable bonds is 8. The standard InChI is InChI=1S/C10H16N2O5/c1-2-7-16-17-10(15)12-6-4-3-5-8(11)9(13)14/h1,8H,3-7,11H2,(H,12,15)(H,13,14). The number of nitrogens with two attached hydrogens (primary N) is 1. The zero-order chi connectivity index (χ0) is 13.1. The summed E-state index contributed by atoms with van der Waals surface area (Å²) in [6.07, 6.45) is 5.69. The Balaban J connectivity index is 3.36. The van der Waals surface area contributed by atoms with Crippen molar-refractivity contribution in [2.45, 2.75) is 25.3 Å². The highest BCUT2D eigenvalue weighted by Crippen LogP contribution is 1.98. The lowest BCUT2D eigenvalue weighted by atomic mass is 10.1. The maximum Gasteiger partial charge on any atom is 0.438 e. The topological polar surface area (TPSA) is 111 Å². The Bertz CT molecular complexity index is 287. The van der Waals surface area contributed by atoms with Gasteiger partial charge in [0.15, 0.2) is 6.61 Å². The van der Waals surface area contributed by atoms with Crippen LogP contribution in [0.2, 0.25) is 0 Å². The van der Waals surface area contributed by atoms with Gasteiger partial charge in [-0.1, -0.05) is 5.92 Å². The SMILES string of the molecule is C#CCOOC(=O)NCCCCC(N)C(=O)O. The van der Waals surface area contributed by atoms with E-state index in [1.54, 1.807) is 0 Å². The van der Waals surface area contributed by atoms with Crippen molar-refractivity contribution in [1.82, 2.24) is 5.32 Å². The average Bonchev–Trinajstić information content (AvgIpc) is 2.28. The Morgan fingerprint density at radius 3 is 2.76 bits per heavy atom. The second kappa shape index (κ2) is 9.45. The number of nitrogens with one attached hydrogen (secondary N) is 1. The molecule has 96 valence electrons. The van der Waals surface area contributed by atoms with E-state index in [0.717, 1.165) is 0 Å². The fourth-order valence-electron chi connectivity index (χ4n) is 0.950. The predicted octanol–water partition coefficient (Wildman–Crippen LogP) is -0.140. The Morgan fingerprint density at radius 2 is 2.18 bits per heavy atom. The van der Waals surface area contributed by atoms with Gasteiger partial charge in [-0.3, -0.25) is 9.68 Å². The Kier molecular flexibility index (Phi) is 8.46. The van der Waals surface area contributed by atoms with Crippen molar-refractivity contribution in [3.63, 3.8) is 0 Å². The number of amides is 1. The fraction of sp³-hybridized carbons (Fsp3) is 0.600. The molecule has 1 unspecified atom stereocenters. The van der Waals surface area contributed by atoms with Crippen molar-refractivity contribution in [2.24, 2.45) is 5.73 Å². The van der Waals surface area contributed by atoms with E-state index < -0.39 is 18.1 Å². The van der Waals surface area contributed by atoms with E-state index in [1.807, 2.05) is 0 Å². The Hall–Kier alpha value is -1.78. The van der Waals surface area contributed by atoms with Crippen molar-refractivity contribution in [1.29, 1.82) is 0 Å². The van der Waals surface area contributed by atoms with Crippen molar-refractivity contribution < 1.29 is 24.5 Å². The highest BCUT2D eigenvalue weighted by molar-refractivity contribution is 5.72. The van der Waals surface area contributed by atoms with Crippen LogP contribution in [0.5, 0.6) is 0 Å². The first-order valence-corrected chi connectivity index (χ1v) is 5.07. The van der Waals surface area contributed by atoms with Gasteiger partial charge >= 0.3 is 12.1 Å². The number of hydrogen-bond donors (Lipinski definition) is 3. The van der Waals surface area contributed by atoms with E-state index in [9.17, 15) is 9.59 Å². The lowest BCUT2D eigenvalue weighted by Gasteiger charge is -2.06. The minimum Gasteiger partial charge on any atom is -0.480 e. The largest absolute Gasteiger partial charge is 0.480 e. The highest BCUT2D eigenvalue weighted by atomic mass is 17.2. The summed E-state index contributed by atoms with van der Waals surface area (Å²) in [5, 5.41) is 10.9. The van der Waals surface area contributed by atoms with Gasteiger partial charge in [0.25, 0.3) is 0 Å². The third-order valence-corrected chi connectivity index (χ3v) is 1.81. The summed E-state index contributed by atoms with van der Waals surface area (Å²) in [4.78, 5) is 29.8. The zero-order valence-corrected chi connectivity index (χ0v) is 9.35. The van der Waals surface area contributed by atoms with E-state index in [-0.39, 0.29) is 6.61 Å². The molecule has 4 N–H and O–H groups in total. The summed E-state index contributed by atoms with van der Waals surface area (Å²) in [6.45, 7) is 0.242. The monoisotopic (exact) mass is 244 g/mol. The van der Waals surface area contributed by atoms with Gasteiger partial charge in [-0.2, -0.15) is 4.89 Å². The minimum atomic E-state index is -1.03. The number of carbonyl (C=O) groups excluding carboxylic acids is 1. The molecule has 0 saturated heterocycles. The van der Waals surface area contributed by atoms with Crippen LogP contribution in [0.3, 0.4) is 0 Å². The second-order valence-electron chi connectivity index (χ2n) is 3.20. The minimum absolute atomic E-state index is 0.110. The fourth-order valence-corrected chi connectivity index (χ4v) is 0.950. The molecule has 1 amide bonds. The van der Waals surface area contributed by atoms with E-state index in [2.05, 4.69) is 21.0 Å². The molecule has 0 aliphatic heterocycles. The quantitative estimate of drug-likeness (QED) is 0.237. The van der Waals surface area contributed by atoms with Crippen molar-refractivity contribution in [3.05, 3.63) is 0 Å². The molecule has 0 spiro atoms. The van der Waals surface area contributed by atoms with Gasteiger partial charge in [0, 0.05) is 6.54 Å². The Labute approximate surface area is 99.2 Å². The summed E-state index contributed by atoms with van der Waals surface area (Å²) < 4.78 is 0. The first-order chi connectivity index (χ1) is 8.07. The molecule has 1 atom stereocenters. The van der Waals surface area contributed by atoms with Crippen LogP contribution >= 0.6 is 0 Å². The number of carboxylic acid groups (broad SMARTS) is 1. The number of carboxylic acids is 1. The number of unbranched alkanes of at least 4 members (excludes halogenated alkanes) is 1. The van der Waals surface area contributed by atoms with Gasteiger partial charge in [0.05, 0.1) is 0 Å². The first kappa shape index (κ1) is 15.2. The molecule has 0 rings (SSSR count). The molecule has 0 aliphatic rings. The maximum atomic E-state index is 10.9. The molecule has 7 heteroatoms. The zero-order valence-electron chi connectivity index (χ0n) is 9.35. The number of aliphatic carboxylic acids is 1. The number of terminal acetylenes is 1. The van der Waals surface area contributed by atoms with Crippen LogP contribution < -0.4 is 11.1 Å². The van der Waals surface area contributed by atoms with Crippen molar-refractivity contribution >= 4 is 12.1 Å². The lowest BCUT2D eigenvalue weighted by molar-refractivity contribution is -0.226. The van der Waals surface area contributed by atoms with Crippen molar-refractivity contribution in [3.8, 4) is 12.3 Å². The molecule has 0 aromatic carbocycles. The average molecular weight is 244 g/mol. The molecular weight excluding hydrogens is 228 g/mol. The van der Waals surface area contributed by atoms with E-state index in [4.69, 9.17) is 17.3 Å². The Morgan fingerprint density at radius 1 is 1.47 bits per heavy atom. The van der Waals surface area contributed by atoms with Crippen LogP contribution in [0.15, 0.2) is 0 Å². The van der Waals surface area contributed by atoms with Crippen molar-refractivity contribution in [2.75, 3.05) is 13.2 Å². The molecule has 7 nitrogen and oxygen atoms in total. The van der Waals surface area contributed by atoms with Crippen LogP contribution in [0.4, 0.5) is 4.79 Å². The molecule has 0 bridgehead atoms. The summed E-state index contributed by atoms with van der Waals surface area (Å²) >= 11 is 0. The maximum absolute atomic E-state index is 10.9. The molecule has 0 heterocycles. The van der Waals surface area contributed by atoms with Gasteiger partial charge in [-0.25, -0.2) is 4.79 Å². The lowest BCUT2D eigenvalue weighted by Crippen LogP contribution is -2.30. The summed E-state index contributed by atoms with van der Waals surface area (Å²) in [6, 6.07) is -0.860. The number of hydrogen-bond acceptors (Lipinski definition) is 5. The molecule has 0 radical (unpaired) electrons. The molecule has 0 aromatic heterocycles. The van der Waals surface area contributed by atoms with Gasteiger partial charge in [-0.15, -0.1) is 6.42 Å². The molecule has 0 aromatic rings. The summed E-state index contributed by atoms with van der Waals surface area (Å²) in [5.74, 6) is 1.10. The highest BCUT2D eigenvalue weighted by Gasteiger charge is 2.10. The van der Waals surface area contributed by atoms with Crippen LogP contribution in [0, 0.1) is 12.3 Å². The normalized spacial score (nSPS) is 11.3. The molecular formula is C10H16N2O5. The van der Waals surface area contributed by atoms with E-state index >= 15 is 0 Å². The predicted molar refractivity (Wildman–Crippen MR) is 58.7 cm³/mol. The van der Waals surface area contributed by atoms with E-state index in [0.29, 0.717) is 25.8 Å². The van der Waals surface area contributed by atoms with Gasteiger partial charge < -0.3 is 16.2 Å². The van der Waals surface area contributed by atoms with Crippen LogP contribution in [-0.4, -0.2) is 36.4 Å². The summed E-state index contributed by atoms with van der Waals surface area (Å²) in [7, 11) is 0.